The summed E-state index contributed by atoms with van der Waals surface area (Å²) in [5.41, 5.74) is 2.30. The number of carbonyl (C=O) groups excluding carboxylic acids is 2. The van der Waals surface area contributed by atoms with Gasteiger partial charge in [0.1, 0.15) is 17.3 Å². The lowest BCUT2D eigenvalue weighted by Gasteiger charge is -2.08. The Hall–Kier alpha value is -3.44. The first-order chi connectivity index (χ1) is 14.4. The van der Waals surface area contributed by atoms with Crippen LogP contribution in [-0.2, 0) is 11.2 Å². The summed E-state index contributed by atoms with van der Waals surface area (Å²) in [6, 6.07) is 15.9. The highest BCUT2D eigenvalue weighted by Crippen LogP contribution is 2.37. The summed E-state index contributed by atoms with van der Waals surface area (Å²) >= 11 is 5.85. The van der Waals surface area contributed by atoms with Crippen molar-refractivity contribution < 1.29 is 23.5 Å². The molecule has 0 fully saturated rings. The smallest absolute Gasteiger partial charge is 0.315 e. The quantitative estimate of drug-likeness (QED) is 0.314. The average molecular weight is 423 g/mol. The maximum Gasteiger partial charge on any atom is 0.315 e. The largest absolute Gasteiger partial charge is 0.452 e. The SMILES string of the molecule is Cc1cc(OC(=O)Cc2ccc(Cl)cc2)cc2c1C(=O)/C(=C/c1cccc(F)c1)O2. The van der Waals surface area contributed by atoms with E-state index < -0.39 is 11.8 Å². The molecule has 0 atom stereocenters. The number of fused-ring (bicyclic) bond motifs is 1. The second-order valence-electron chi connectivity index (χ2n) is 6.89. The van der Waals surface area contributed by atoms with Crippen LogP contribution >= 0.6 is 11.6 Å². The number of ether oxygens (including phenoxy) is 2. The molecule has 4 rings (SSSR count). The van der Waals surface area contributed by atoms with E-state index in [1.54, 1.807) is 49.4 Å². The van der Waals surface area contributed by atoms with E-state index in [2.05, 4.69) is 0 Å². The van der Waals surface area contributed by atoms with Crippen molar-refractivity contribution in [1.29, 1.82) is 0 Å². The lowest BCUT2D eigenvalue weighted by atomic mass is 10.0. The molecule has 0 saturated carbocycles. The number of Topliss-reactive ketones (excluding diaryl/α,β-unsaturated/α-hetero) is 1. The first-order valence-electron chi connectivity index (χ1n) is 9.18. The van der Waals surface area contributed by atoms with Crippen LogP contribution in [0, 0.1) is 12.7 Å². The molecule has 30 heavy (non-hydrogen) atoms. The lowest BCUT2D eigenvalue weighted by Crippen LogP contribution is -2.11. The maximum absolute atomic E-state index is 13.4. The van der Waals surface area contributed by atoms with Crippen LogP contribution in [0.15, 0.2) is 66.4 Å². The Morgan fingerprint density at radius 2 is 1.90 bits per heavy atom. The van der Waals surface area contributed by atoms with Gasteiger partial charge in [0, 0.05) is 11.1 Å². The number of aryl methyl sites for hydroxylation is 1. The zero-order valence-electron chi connectivity index (χ0n) is 15.9. The third-order valence-electron chi connectivity index (χ3n) is 4.58. The summed E-state index contributed by atoms with van der Waals surface area (Å²) in [5.74, 6) is -0.481. The summed E-state index contributed by atoms with van der Waals surface area (Å²) in [6.07, 6.45) is 1.56. The molecule has 1 aliphatic rings. The Balaban J connectivity index is 1.53. The van der Waals surface area contributed by atoms with Gasteiger partial charge in [0.15, 0.2) is 5.76 Å². The molecule has 4 nitrogen and oxygen atoms in total. The van der Waals surface area contributed by atoms with Crippen molar-refractivity contribution in [3.8, 4) is 11.5 Å². The molecule has 0 aliphatic carbocycles. The fourth-order valence-corrected chi connectivity index (χ4v) is 3.35. The Bertz CT molecular complexity index is 1180. The number of esters is 1. The minimum Gasteiger partial charge on any atom is -0.452 e. The Kier molecular flexibility index (Phi) is 5.38. The number of allylic oxidation sites excluding steroid dienone is 1. The summed E-state index contributed by atoms with van der Waals surface area (Å²) in [6.45, 7) is 1.74. The highest BCUT2D eigenvalue weighted by atomic mass is 35.5. The van der Waals surface area contributed by atoms with Crippen LogP contribution in [0.25, 0.3) is 6.08 Å². The van der Waals surface area contributed by atoms with E-state index in [4.69, 9.17) is 21.1 Å². The van der Waals surface area contributed by atoms with E-state index in [-0.39, 0.29) is 23.7 Å². The van der Waals surface area contributed by atoms with E-state index in [1.807, 2.05) is 0 Å². The third kappa shape index (κ3) is 4.26. The van der Waals surface area contributed by atoms with Gasteiger partial charge in [-0.15, -0.1) is 0 Å². The predicted molar refractivity (Wildman–Crippen MR) is 111 cm³/mol. The maximum atomic E-state index is 13.4. The van der Waals surface area contributed by atoms with Crippen molar-refractivity contribution in [3.05, 3.63) is 99.5 Å². The first kappa shape index (κ1) is 19.9. The Labute approximate surface area is 177 Å². The van der Waals surface area contributed by atoms with Crippen LogP contribution in [0.4, 0.5) is 4.39 Å². The number of hydrogen-bond acceptors (Lipinski definition) is 4. The molecule has 3 aromatic carbocycles. The average Bonchev–Trinajstić information content (AvgIpc) is 2.99. The molecule has 0 N–H and O–H groups in total. The standard InChI is InChI=1S/C24H16ClFO4/c1-14-9-19(29-22(27)12-15-5-7-17(25)8-6-15)13-20-23(14)24(28)21(30-20)11-16-3-2-4-18(26)10-16/h2-11,13H,12H2,1H3/b21-11-. The van der Waals surface area contributed by atoms with Gasteiger partial charge in [0.2, 0.25) is 5.78 Å². The molecule has 1 aliphatic heterocycles. The molecule has 1 heterocycles. The van der Waals surface area contributed by atoms with E-state index in [0.717, 1.165) is 5.56 Å². The number of ketones is 1. The summed E-state index contributed by atoms with van der Waals surface area (Å²) in [4.78, 5) is 25.0. The van der Waals surface area contributed by atoms with Gasteiger partial charge < -0.3 is 9.47 Å². The van der Waals surface area contributed by atoms with Crippen LogP contribution in [0.1, 0.15) is 27.0 Å². The van der Waals surface area contributed by atoms with Crippen molar-refractivity contribution in [2.45, 2.75) is 13.3 Å². The number of halogens is 2. The van der Waals surface area contributed by atoms with Crippen molar-refractivity contribution in [3.63, 3.8) is 0 Å². The molecule has 0 radical (unpaired) electrons. The van der Waals surface area contributed by atoms with Gasteiger partial charge in [-0.05, 0) is 60.0 Å². The molecule has 150 valence electrons. The van der Waals surface area contributed by atoms with Crippen molar-refractivity contribution in [1.82, 2.24) is 0 Å². The molecule has 0 spiro atoms. The van der Waals surface area contributed by atoms with Gasteiger partial charge in [-0.25, -0.2) is 4.39 Å². The van der Waals surface area contributed by atoms with E-state index in [0.29, 0.717) is 27.5 Å². The van der Waals surface area contributed by atoms with E-state index in [9.17, 15) is 14.0 Å². The zero-order valence-corrected chi connectivity index (χ0v) is 16.7. The minimum atomic E-state index is -0.448. The number of hydrogen-bond donors (Lipinski definition) is 0. The minimum absolute atomic E-state index is 0.0812. The van der Waals surface area contributed by atoms with Gasteiger partial charge in [-0.1, -0.05) is 35.9 Å². The molecule has 6 heteroatoms. The monoisotopic (exact) mass is 422 g/mol. The summed E-state index contributed by atoms with van der Waals surface area (Å²) in [5, 5.41) is 0.588. The predicted octanol–water partition coefficient (Wildman–Crippen LogP) is 5.55. The summed E-state index contributed by atoms with van der Waals surface area (Å²) in [7, 11) is 0. The van der Waals surface area contributed by atoms with Gasteiger partial charge in [0.05, 0.1) is 12.0 Å². The third-order valence-corrected chi connectivity index (χ3v) is 4.84. The lowest BCUT2D eigenvalue weighted by molar-refractivity contribution is -0.133. The van der Waals surface area contributed by atoms with Gasteiger partial charge >= 0.3 is 5.97 Å². The van der Waals surface area contributed by atoms with Gasteiger partial charge in [-0.2, -0.15) is 0 Å². The molecule has 0 saturated heterocycles. The topological polar surface area (TPSA) is 52.6 Å². The fraction of sp³-hybridized carbons (Fsp3) is 0.0833. The molecule has 0 amide bonds. The van der Waals surface area contributed by atoms with Crippen LogP contribution < -0.4 is 9.47 Å². The molecular formula is C24H16ClFO4. The van der Waals surface area contributed by atoms with Crippen LogP contribution in [-0.4, -0.2) is 11.8 Å². The Morgan fingerprint density at radius 1 is 1.13 bits per heavy atom. The molecule has 0 aromatic heterocycles. The second kappa shape index (κ2) is 8.13. The van der Waals surface area contributed by atoms with Crippen LogP contribution in [0.2, 0.25) is 5.02 Å². The van der Waals surface area contributed by atoms with Crippen molar-refractivity contribution in [2.75, 3.05) is 0 Å². The van der Waals surface area contributed by atoms with Gasteiger partial charge in [-0.3, -0.25) is 9.59 Å². The molecular weight excluding hydrogens is 407 g/mol. The van der Waals surface area contributed by atoms with Crippen molar-refractivity contribution in [2.24, 2.45) is 0 Å². The molecule has 0 bridgehead atoms. The van der Waals surface area contributed by atoms with Gasteiger partial charge in [0.25, 0.3) is 0 Å². The van der Waals surface area contributed by atoms with E-state index in [1.165, 1.54) is 24.3 Å². The van der Waals surface area contributed by atoms with Crippen molar-refractivity contribution >= 4 is 29.4 Å². The fourth-order valence-electron chi connectivity index (χ4n) is 3.22. The number of carbonyl (C=O) groups is 2. The normalized spacial score (nSPS) is 13.8. The first-order valence-corrected chi connectivity index (χ1v) is 9.56. The van der Waals surface area contributed by atoms with Crippen LogP contribution in [0.5, 0.6) is 11.5 Å². The second-order valence-corrected chi connectivity index (χ2v) is 7.32. The molecule has 0 unspecified atom stereocenters. The number of rotatable bonds is 4. The molecule has 3 aromatic rings. The van der Waals surface area contributed by atoms with E-state index >= 15 is 0 Å². The highest BCUT2D eigenvalue weighted by molar-refractivity contribution is 6.30. The van der Waals surface area contributed by atoms with Crippen LogP contribution in [0.3, 0.4) is 0 Å². The zero-order chi connectivity index (χ0) is 21.3. The highest BCUT2D eigenvalue weighted by Gasteiger charge is 2.30. The Morgan fingerprint density at radius 3 is 2.63 bits per heavy atom. The number of benzene rings is 3. The summed E-state index contributed by atoms with van der Waals surface area (Å²) < 4.78 is 24.5.